The van der Waals surface area contributed by atoms with E-state index in [9.17, 15) is 14.4 Å². The smallest absolute Gasteiger partial charge is 0.350 e. The van der Waals surface area contributed by atoms with E-state index in [2.05, 4.69) is 4.98 Å². The van der Waals surface area contributed by atoms with Crippen LogP contribution < -0.4 is 4.90 Å². The second-order valence-corrected chi connectivity index (χ2v) is 8.42. The summed E-state index contributed by atoms with van der Waals surface area (Å²) in [5.74, 6) is -0.744. The van der Waals surface area contributed by atoms with Crippen molar-refractivity contribution in [2.24, 2.45) is 0 Å². The van der Waals surface area contributed by atoms with Gasteiger partial charge in [-0.05, 0) is 49.1 Å². The monoisotopic (exact) mass is 426 g/mol. The molecule has 4 rings (SSSR count). The largest absolute Gasteiger partial charge is 0.453 e. The van der Waals surface area contributed by atoms with Crippen molar-refractivity contribution in [3.8, 4) is 10.6 Å². The van der Waals surface area contributed by atoms with Crippen LogP contribution >= 0.6 is 22.7 Å². The van der Waals surface area contributed by atoms with Gasteiger partial charge in [-0.2, -0.15) is 11.3 Å². The SMILES string of the molecule is Cc1nc(-c2ccsc2)sc1C(=O)OCC(=O)c1ccc(N2CCCC2=O)cc1. The lowest BCUT2D eigenvalue weighted by Gasteiger charge is -2.15. The Labute approximate surface area is 175 Å². The molecule has 1 amide bonds. The number of amides is 1. The van der Waals surface area contributed by atoms with Crippen LogP contribution in [0.2, 0.25) is 0 Å². The highest BCUT2D eigenvalue weighted by atomic mass is 32.1. The fourth-order valence-corrected chi connectivity index (χ4v) is 4.80. The van der Waals surface area contributed by atoms with Crippen LogP contribution in [0.4, 0.5) is 5.69 Å². The van der Waals surface area contributed by atoms with Gasteiger partial charge in [0.2, 0.25) is 5.91 Å². The highest BCUT2D eigenvalue weighted by molar-refractivity contribution is 7.17. The first-order valence-electron chi connectivity index (χ1n) is 9.13. The zero-order valence-electron chi connectivity index (χ0n) is 15.7. The Morgan fingerprint density at radius 2 is 2.00 bits per heavy atom. The highest BCUT2D eigenvalue weighted by Gasteiger charge is 2.22. The van der Waals surface area contributed by atoms with Gasteiger partial charge in [0.15, 0.2) is 12.4 Å². The number of benzene rings is 1. The highest BCUT2D eigenvalue weighted by Crippen LogP contribution is 2.30. The van der Waals surface area contributed by atoms with E-state index in [-0.39, 0.29) is 18.3 Å². The molecule has 0 spiro atoms. The van der Waals surface area contributed by atoms with E-state index in [1.165, 1.54) is 11.3 Å². The number of thiazole rings is 1. The zero-order valence-corrected chi connectivity index (χ0v) is 17.3. The van der Waals surface area contributed by atoms with Crippen LogP contribution in [0, 0.1) is 6.92 Å². The molecule has 0 bridgehead atoms. The maximum Gasteiger partial charge on any atom is 0.350 e. The standard InChI is InChI=1S/C21H18N2O4S2/c1-13-19(29-20(22-13)15-8-10-28-12-15)21(26)27-11-17(24)14-4-6-16(7-5-14)23-9-2-3-18(23)25/h4-8,10,12H,2-3,9,11H2,1H3. The number of anilines is 1. The van der Waals surface area contributed by atoms with Gasteiger partial charge in [-0.25, -0.2) is 9.78 Å². The fraction of sp³-hybridized carbons (Fsp3) is 0.238. The number of nitrogens with zero attached hydrogens (tertiary/aromatic N) is 2. The minimum Gasteiger partial charge on any atom is -0.453 e. The number of ether oxygens (including phenoxy) is 1. The molecule has 0 aliphatic carbocycles. The molecule has 148 valence electrons. The molecular formula is C21H18N2O4S2. The van der Waals surface area contributed by atoms with Crippen LogP contribution in [-0.4, -0.2) is 35.8 Å². The van der Waals surface area contributed by atoms with Crippen molar-refractivity contribution in [3.63, 3.8) is 0 Å². The first-order chi connectivity index (χ1) is 14.0. The molecule has 0 N–H and O–H groups in total. The first kappa shape index (κ1) is 19.5. The van der Waals surface area contributed by atoms with Crippen molar-refractivity contribution in [1.29, 1.82) is 0 Å². The minimum atomic E-state index is -0.547. The van der Waals surface area contributed by atoms with Gasteiger partial charge < -0.3 is 9.64 Å². The Hall–Kier alpha value is -2.84. The summed E-state index contributed by atoms with van der Waals surface area (Å²) in [5, 5.41) is 4.68. The van der Waals surface area contributed by atoms with Gasteiger partial charge in [-0.3, -0.25) is 9.59 Å². The summed E-state index contributed by atoms with van der Waals surface area (Å²) >= 11 is 2.82. The average Bonchev–Trinajstić information content (AvgIpc) is 3.47. The molecule has 1 fully saturated rings. The summed E-state index contributed by atoms with van der Waals surface area (Å²) in [6.45, 7) is 2.11. The summed E-state index contributed by atoms with van der Waals surface area (Å²) < 4.78 is 5.22. The van der Waals surface area contributed by atoms with Gasteiger partial charge in [0.25, 0.3) is 0 Å². The number of esters is 1. The van der Waals surface area contributed by atoms with Crippen molar-refractivity contribution >= 4 is 46.0 Å². The van der Waals surface area contributed by atoms with Crippen molar-refractivity contribution in [2.75, 3.05) is 18.1 Å². The Bertz CT molecular complexity index is 1060. The summed E-state index contributed by atoms with van der Waals surface area (Å²) in [7, 11) is 0. The van der Waals surface area contributed by atoms with Crippen LogP contribution in [0.1, 0.15) is 38.6 Å². The predicted octanol–water partition coefficient (Wildman–Crippen LogP) is 4.35. The molecule has 29 heavy (non-hydrogen) atoms. The third-order valence-electron chi connectivity index (χ3n) is 4.66. The molecule has 3 heterocycles. The second-order valence-electron chi connectivity index (χ2n) is 6.64. The normalized spacial score (nSPS) is 13.7. The molecule has 8 heteroatoms. The average molecular weight is 427 g/mol. The molecule has 3 aromatic rings. The third kappa shape index (κ3) is 4.13. The van der Waals surface area contributed by atoms with Crippen molar-refractivity contribution in [2.45, 2.75) is 19.8 Å². The van der Waals surface area contributed by atoms with Crippen LogP contribution in [-0.2, 0) is 9.53 Å². The summed E-state index contributed by atoms with van der Waals surface area (Å²) in [5.41, 5.74) is 2.78. The molecule has 1 saturated heterocycles. The number of thiophene rings is 1. The Morgan fingerprint density at radius 1 is 1.21 bits per heavy atom. The topological polar surface area (TPSA) is 76.6 Å². The number of rotatable bonds is 6. The summed E-state index contributed by atoms with van der Waals surface area (Å²) in [4.78, 5) is 43.1. The summed E-state index contributed by atoms with van der Waals surface area (Å²) in [6, 6.07) is 8.76. The van der Waals surface area contributed by atoms with Crippen LogP contribution in [0.5, 0.6) is 0 Å². The summed E-state index contributed by atoms with van der Waals surface area (Å²) in [6.07, 6.45) is 1.41. The third-order valence-corrected chi connectivity index (χ3v) is 6.53. The molecular weight excluding hydrogens is 408 g/mol. The Morgan fingerprint density at radius 3 is 2.66 bits per heavy atom. The predicted molar refractivity (Wildman–Crippen MR) is 113 cm³/mol. The molecule has 1 aliphatic heterocycles. The number of ketones is 1. The number of hydrogen-bond donors (Lipinski definition) is 0. The van der Waals surface area contributed by atoms with Crippen molar-refractivity contribution in [1.82, 2.24) is 4.98 Å². The zero-order chi connectivity index (χ0) is 20.4. The number of carbonyl (C=O) groups is 3. The molecule has 1 aromatic carbocycles. The van der Waals surface area contributed by atoms with E-state index in [0.29, 0.717) is 29.1 Å². The molecule has 0 unspecified atom stereocenters. The Kier molecular flexibility index (Phi) is 5.55. The van der Waals surface area contributed by atoms with Crippen molar-refractivity contribution < 1.29 is 19.1 Å². The van der Waals surface area contributed by atoms with Gasteiger partial charge in [0.05, 0.1) is 5.69 Å². The number of Topliss-reactive ketones (excluding diaryl/α,β-unsaturated/α-hetero) is 1. The lowest BCUT2D eigenvalue weighted by molar-refractivity contribution is -0.117. The van der Waals surface area contributed by atoms with E-state index < -0.39 is 5.97 Å². The maximum atomic E-state index is 12.4. The molecule has 0 saturated carbocycles. The lowest BCUT2D eigenvalue weighted by atomic mass is 10.1. The van der Waals surface area contributed by atoms with Gasteiger partial charge in [-0.1, -0.05) is 0 Å². The van der Waals surface area contributed by atoms with Crippen molar-refractivity contribution in [3.05, 3.63) is 57.2 Å². The number of hydrogen-bond acceptors (Lipinski definition) is 7. The van der Waals surface area contributed by atoms with Gasteiger partial charge >= 0.3 is 5.97 Å². The van der Waals surface area contributed by atoms with Crippen LogP contribution in [0.3, 0.4) is 0 Å². The maximum absolute atomic E-state index is 12.4. The fourth-order valence-electron chi connectivity index (χ4n) is 3.12. The molecule has 0 atom stereocenters. The minimum absolute atomic E-state index is 0.0970. The van der Waals surface area contributed by atoms with Gasteiger partial charge in [-0.15, -0.1) is 11.3 Å². The van der Waals surface area contributed by atoms with E-state index in [0.717, 1.165) is 22.7 Å². The van der Waals surface area contributed by atoms with E-state index in [1.54, 1.807) is 47.4 Å². The van der Waals surface area contributed by atoms with Crippen LogP contribution in [0.25, 0.3) is 10.6 Å². The quantitative estimate of drug-likeness (QED) is 0.433. The molecule has 0 radical (unpaired) electrons. The molecule has 6 nitrogen and oxygen atoms in total. The lowest BCUT2D eigenvalue weighted by Crippen LogP contribution is -2.23. The van der Waals surface area contributed by atoms with E-state index in [4.69, 9.17) is 4.74 Å². The van der Waals surface area contributed by atoms with Gasteiger partial charge in [0, 0.05) is 35.2 Å². The first-order valence-corrected chi connectivity index (χ1v) is 10.9. The van der Waals surface area contributed by atoms with Gasteiger partial charge in [0.1, 0.15) is 9.88 Å². The van der Waals surface area contributed by atoms with Crippen LogP contribution in [0.15, 0.2) is 41.1 Å². The second kappa shape index (κ2) is 8.26. The molecule has 1 aliphatic rings. The number of aryl methyl sites for hydroxylation is 1. The van der Waals surface area contributed by atoms with E-state index in [1.807, 2.05) is 16.8 Å². The van der Waals surface area contributed by atoms with E-state index >= 15 is 0 Å². The number of carbonyl (C=O) groups excluding carboxylic acids is 3. The molecule has 2 aromatic heterocycles. The number of aromatic nitrogens is 1. The Balaban J connectivity index is 1.38.